The summed E-state index contributed by atoms with van der Waals surface area (Å²) in [5, 5.41) is 1.21. The number of aromatic nitrogens is 3. The lowest BCUT2D eigenvalue weighted by atomic mass is 9.54. The third kappa shape index (κ3) is 2.47. The number of nitrogens with zero attached hydrogens (tertiary/aromatic N) is 3. The van der Waals surface area contributed by atoms with E-state index >= 15 is 0 Å². The van der Waals surface area contributed by atoms with Crippen molar-refractivity contribution in [3.63, 3.8) is 0 Å². The average molecular weight is 447 g/mol. The fourth-order valence-corrected chi connectivity index (χ4v) is 6.32. The molecule has 3 heteroatoms. The zero-order valence-corrected chi connectivity index (χ0v) is 21.2. The molecule has 0 spiro atoms. The van der Waals surface area contributed by atoms with Crippen molar-refractivity contribution in [1.82, 2.24) is 9.55 Å². The van der Waals surface area contributed by atoms with Gasteiger partial charge in [0.25, 0.3) is 5.82 Å². The van der Waals surface area contributed by atoms with Gasteiger partial charge < -0.3 is 0 Å². The maximum Gasteiger partial charge on any atom is 0.289 e. The van der Waals surface area contributed by atoms with Crippen molar-refractivity contribution in [2.24, 2.45) is 14.1 Å². The first-order valence-corrected chi connectivity index (χ1v) is 12.1. The molecular weight excluding hydrogens is 414 g/mol. The summed E-state index contributed by atoms with van der Waals surface area (Å²) >= 11 is 0. The Hall–Kier alpha value is -3.46. The van der Waals surface area contributed by atoms with Gasteiger partial charge in [0.1, 0.15) is 0 Å². The van der Waals surface area contributed by atoms with E-state index < -0.39 is 0 Å². The SMILES string of the molecule is Cc1ccc2c(c1-c1n(C)c3ccccc3[n+]1C)C(C)(C)C(C)(C)c1c-2ccc2cccnc12. The summed E-state index contributed by atoms with van der Waals surface area (Å²) in [5.74, 6) is 1.25. The fourth-order valence-electron chi connectivity index (χ4n) is 6.32. The van der Waals surface area contributed by atoms with E-state index in [0.717, 1.165) is 5.52 Å². The summed E-state index contributed by atoms with van der Waals surface area (Å²) in [5.41, 5.74) is 11.5. The number of imidazole rings is 1. The van der Waals surface area contributed by atoms with Crippen LogP contribution in [0.4, 0.5) is 0 Å². The summed E-state index contributed by atoms with van der Waals surface area (Å²) in [7, 11) is 4.39. The van der Waals surface area contributed by atoms with Gasteiger partial charge in [0, 0.05) is 22.4 Å². The van der Waals surface area contributed by atoms with Gasteiger partial charge in [0.2, 0.25) is 0 Å². The molecule has 3 aromatic carbocycles. The number of hydrogen-bond acceptors (Lipinski definition) is 1. The van der Waals surface area contributed by atoms with Gasteiger partial charge in [-0.25, -0.2) is 9.13 Å². The molecule has 0 fully saturated rings. The van der Waals surface area contributed by atoms with Crippen molar-refractivity contribution < 1.29 is 4.57 Å². The lowest BCUT2D eigenvalue weighted by molar-refractivity contribution is -0.634. The van der Waals surface area contributed by atoms with Gasteiger partial charge in [0.15, 0.2) is 11.0 Å². The molecule has 0 saturated carbocycles. The minimum Gasteiger partial charge on any atom is -0.256 e. The monoisotopic (exact) mass is 446 g/mol. The molecule has 3 nitrogen and oxygen atoms in total. The average Bonchev–Trinajstić information content (AvgIpc) is 3.07. The number of para-hydroxylation sites is 2. The van der Waals surface area contributed by atoms with E-state index in [2.05, 4.69) is 112 Å². The van der Waals surface area contributed by atoms with Crippen LogP contribution in [0.15, 0.2) is 66.9 Å². The third-order valence-corrected chi connectivity index (χ3v) is 8.75. The summed E-state index contributed by atoms with van der Waals surface area (Å²) in [6, 6.07) is 22.1. The topological polar surface area (TPSA) is 21.7 Å². The van der Waals surface area contributed by atoms with E-state index in [0.29, 0.717) is 0 Å². The first-order valence-electron chi connectivity index (χ1n) is 12.1. The van der Waals surface area contributed by atoms with Crippen molar-refractivity contribution in [3.8, 4) is 22.5 Å². The molecule has 5 aromatic rings. The lowest BCUT2D eigenvalue weighted by Crippen LogP contribution is -2.45. The van der Waals surface area contributed by atoms with Gasteiger partial charge in [0.05, 0.1) is 25.2 Å². The smallest absolute Gasteiger partial charge is 0.256 e. The van der Waals surface area contributed by atoms with Gasteiger partial charge >= 0.3 is 0 Å². The van der Waals surface area contributed by atoms with Crippen LogP contribution in [0.1, 0.15) is 44.4 Å². The lowest BCUT2D eigenvalue weighted by Gasteiger charge is -2.49. The Morgan fingerprint density at radius 3 is 2.24 bits per heavy atom. The molecule has 170 valence electrons. The van der Waals surface area contributed by atoms with Gasteiger partial charge in [-0.15, -0.1) is 0 Å². The number of benzene rings is 3. The van der Waals surface area contributed by atoms with Gasteiger partial charge in [-0.2, -0.15) is 0 Å². The highest BCUT2D eigenvalue weighted by molar-refractivity contribution is 5.95. The Morgan fingerprint density at radius 1 is 0.794 bits per heavy atom. The van der Waals surface area contributed by atoms with E-state index in [1.807, 2.05) is 12.3 Å². The van der Waals surface area contributed by atoms with Crippen LogP contribution in [0.5, 0.6) is 0 Å². The molecule has 0 radical (unpaired) electrons. The van der Waals surface area contributed by atoms with Crippen molar-refractivity contribution in [1.29, 1.82) is 0 Å². The Labute approximate surface area is 201 Å². The van der Waals surface area contributed by atoms with E-state index in [4.69, 9.17) is 4.98 Å². The molecule has 0 amide bonds. The Kier molecular flexibility index (Phi) is 4.21. The number of hydrogen-bond donors (Lipinski definition) is 0. The quantitative estimate of drug-likeness (QED) is 0.261. The van der Waals surface area contributed by atoms with Crippen LogP contribution >= 0.6 is 0 Å². The molecule has 0 atom stereocenters. The molecule has 0 N–H and O–H groups in total. The molecule has 2 heterocycles. The fraction of sp³-hybridized carbons (Fsp3) is 0.290. The molecule has 1 aliphatic carbocycles. The van der Waals surface area contributed by atoms with Crippen LogP contribution in [0, 0.1) is 6.92 Å². The van der Waals surface area contributed by atoms with Crippen molar-refractivity contribution in [2.45, 2.75) is 45.4 Å². The van der Waals surface area contributed by atoms with Gasteiger partial charge in [-0.3, -0.25) is 4.98 Å². The Bertz CT molecular complexity index is 1590. The normalized spacial score (nSPS) is 16.0. The molecule has 1 aliphatic rings. The molecule has 0 bridgehead atoms. The summed E-state index contributed by atoms with van der Waals surface area (Å²) in [6.45, 7) is 11.9. The second-order valence-corrected chi connectivity index (χ2v) is 10.9. The maximum atomic E-state index is 4.88. The highest BCUT2D eigenvalue weighted by Crippen LogP contribution is 2.57. The highest BCUT2D eigenvalue weighted by Gasteiger charge is 2.49. The van der Waals surface area contributed by atoms with E-state index in [1.54, 1.807) is 0 Å². The van der Waals surface area contributed by atoms with Crippen LogP contribution in [-0.4, -0.2) is 9.55 Å². The minimum atomic E-state index is -0.119. The molecule has 0 aliphatic heterocycles. The summed E-state index contributed by atoms with van der Waals surface area (Å²) in [6.07, 6.45) is 1.93. The predicted molar refractivity (Wildman–Crippen MR) is 141 cm³/mol. The Balaban J connectivity index is 1.80. The maximum absolute atomic E-state index is 4.88. The Morgan fingerprint density at radius 2 is 1.47 bits per heavy atom. The molecule has 6 rings (SSSR count). The molecule has 2 aromatic heterocycles. The second-order valence-electron chi connectivity index (χ2n) is 10.9. The zero-order chi connectivity index (χ0) is 24.0. The third-order valence-electron chi connectivity index (χ3n) is 8.75. The molecule has 0 saturated heterocycles. The van der Waals surface area contributed by atoms with Gasteiger partial charge in [-0.1, -0.05) is 70.2 Å². The van der Waals surface area contributed by atoms with Crippen molar-refractivity contribution in [3.05, 3.63) is 83.6 Å². The van der Waals surface area contributed by atoms with E-state index in [9.17, 15) is 0 Å². The second kappa shape index (κ2) is 6.79. The first-order chi connectivity index (χ1) is 16.2. The van der Waals surface area contributed by atoms with E-state index in [-0.39, 0.29) is 10.8 Å². The van der Waals surface area contributed by atoms with Gasteiger partial charge in [-0.05, 0) is 52.9 Å². The van der Waals surface area contributed by atoms with E-state index in [1.165, 1.54) is 55.6 Å². The largest absolute Gasteiger partial charge is 0.289 e. The zero-order valence-electron chi connectivity index (χ0n) is 21.2. The van der Waals surface area contributed by atoms with Crippen LogP contribution in [0.2, 0.25) is 0 Å². The number of fused-ring (bicyclic) bond motifs is 6. The van der Waals surface area contributed by atoms with Crippen LogP contribution in [0.25, 0.3) is 44.5 Å². The predicted octanol–water partition coefficient (Wildman–Crippen LogP) is 6.76. The van der Waals surface area contributed by atoms with Crippen LogP contribution in [-0.2, 0) is 24.9 Å². The molecule has 0 unspecified atom stereocenters. The van der Waals surface area contributed by atoms with Crippen LogP contribution in [0.3, 0.4) is 0 Å². The summed E-state index contributed by atoms with van der Waals surface area (Å²) in [4.78, 5) is 4.88. The first kappa shape index (κ1) is 21.1. The van der Waals surface area contributed by atoms with Crippen molar-refractivity contribution >= 4 is 21.9 Å². The molecule has 34 heavy (non-hydrogen) atoms. The number of aryl methyl sites for hydroxylation is 3. The standard InChI is InChI=1S/C31H32N3/c1-19-14-16-21-22-17-15-20-11-10-18-32-28(20)27(22)31(4,5)30(2,3)26(21)25(19)29-33(6)23-12-8-9-13-24(23)34(29)7/h8-18H,1-7H3/q+1. The highest BCUT2D eigenvalue weighted by atomic mass is 15.1. The molecular formula is C31H32N3+. The minimum absolute atomic E-state index is 0.116. The number of pyridine rings is 1. The number of rotatable bonds is 1. The van der Waals surface area contributed by atoms with Crippen molar-refractivity contribution in [2.75, 3.05) is 0 Å². The summed E-state index contributed by atoms with van der Waals surface area (Å²) < 4.78 is 4.72. The van der Waals surface area contributed by atoms with Crippen LogP contribution < -0.4 is 4.57 Å².